The molecule has 0 amide bonds. The van der Waals surface area contributed by atoms with Gasteiger partial charge in [-0.3, -0.25) is 0 Å². The summed E-state index contributed by atoms with van der Waals surface area (Å²) in [5, 5.41) is 5.98. The van der Waals surface area contributed by atoms with Crippen LogP contribution in [0.25, 0.3) is 21.3 Å². The Morgan fingerprint density at radius 2 is 1.53 bits per heavy atom. The standard InChI is InChI=1S/C24H21N3O6S/c1-30-18-6-5-13(10-19(18)31-2)17-11-34-22-20(17)21(25-12-26-22)27-16-8-14(23(28)32-3)7-15(9-16)24(29)33-4/h5-12H,1-4H3,(H,25,26,27). The zero-order valence-corrected chi connectivity index (χ0v) is 19.7. The number of hydrogen-bond donors (Lipinski definition) is 1. The normalized spacial score (nSPS) is 10.6. The molecule has 0 aliphatic heterocycles. The molecule has 0 bridgehead atoms. The van der Waals surface area contributed by atoms with Crippen molar-refractivity contribution >= 4 is 45.0 Å². The van der Waals surface area contributed by atoms with Crippen LogP contribution in [0, 0.1) is 0 Å². The van der Waals surface area contributed by atoms with Gasteiger partial charge < -0.3 is 24.3 Å². The number of fused-ring (bicyclic) bond motifs is 1. The van der Waals surface area contributed by atoms with Crippen LogP contribution in [-0.4, -0.2) is 50.3 Å². The summed E-state index contributed by atoms with van der Waals surface area (Å²) in [4.78, 5) is 33.9. The SMILES string of the molecule is COC(=O)c1cc(Nc2ncnc3scc(-c4ccc(OC)c(OC)c4)c23)cc(C(=O)OC)c1. The highest BCUT2D eigenvalue weighted by Gasteiger charge is 2.18. The topological polar surface area (TPSA) is 109 Å². The number of rotatable bonds is 7. The maximum atomic E-state index is 12.2. The largest absolute Gasteiger partial charge is 0.493 e. The average Bonchev–Trinajstić information content (AvgIpc) is 3.32. The molecular weight excluding hydrogens is 458 g/mol. The third-order valence-electron chi connectivity index (χ3n) is 5.10. The first kappa shape index (κ1) is 23.0. The molecule has 4 rings (SSSR count). The molecule has 0 saturated heterocycles. The van der Waals surface area contributed by atoms with Gasteiger partial charge in [0, 0.05) is 16.6 Å². The molecule has 1 N–H and O–H groups in total. The Kier molecular flexibility index (Phi) is 6.60. The molecule has 0 fully saturated rings. The van der Waals surface area contributed by atoms with Crippen molar-refractivity contribution in [3.63, 3.8) is 0 Å². The molecule has 2 heterocycles. The first-order chi connectivity index (χ1) is 16.5. The van der Waals surface area contributed by atoms with E-state index in [2.05, 4.69) is 15.3 Å². The average molecular weight is 480 g/mol. The van der Waals surface area contributed by atoms with Gasteiger partial charge in [-0.15, -0.1) is 11.3 Å². The lowest BCUT2D eigenvalue weighted by atomic mass is 10.0. The summed E-state index contributed by atoms with van der Waals surface area (Å²) in [6.45, 7) is 0. The summed E-state index contributed by atoms with van der Waals surface area (Å²) < 4.78 is 20.4. The quantitative estimate of drug-likeness (QED) is 0.378. The van der Waals surface area contributed by atoms with Crippen LogP contribution in [0.15, 0.2) is 48.1 Å². The Morgan fingerprint density at radius 1 is 0.853 bits per heavy atom. The second-order valence-corrected chi connectivity index (χ2v) is 7.89. The second kappa shape index (κ2) is 9.75. The molecule has 9 nitrogen and oxygen atoms in total. The number of hydrogen-bond acceptors (Lipinski definition) is 10. The molecule has 0 radical (unpaired) electrons. The van der Waals surface area contributed by atoms with Gasteiger partial charge >= 0.3 is 11.9 Å². The highest BCUT2D eigenvalue weighted by atomic mass is 32.1. The Balaban J connectivity index is 1.82. The van der Waals surface area contributed by atoms with Crippen LogP contribution < -0.4 is 14.8 Å². The van der Waals surface area contributed by atoms with Crippen molar-refractivity contribution in [3.05, 3.63) is 59.2 Å². The van der Waals surface area contributed by atoms with Gasteiger partial charge in [0.05, 0.1) is 45.0 Å². The van der Waals surface area contributed by atoms with Crippen LogP contribution >= 0.6 is 11.3 Å². The number of carbonyl (C=O) groups excluding carboxylic acids is 2. The molecule has 2 aromatic carbocycles. The van der Waals surface area contributed by atoms with Crippen molar-refractivity contribution in [1.29, 1.82) is 0 Å². The van der Waals surface area contributed by atoms with Gasteiger partial charge in [0.1, 0.15) is 17.0 Å². The molecule has 0 spiro atoms. The first-order valence-corrected chi connectivity index (χ1v) is 10.9. The number of nitrogens with zero attached hydrogens (tertiary/aromatic N) is 2. The molecule has 0 aliphatic rings. The minimum atomic E-state index is -0.580. The minimum Gasteiger partial charge on any atom is -0.493 e. The van der Waals surface area contributed by atoms with E-state index < -0.39 is 11.9 Å². The molecule has 0 atom stereocenters. The van der Waals surface area contributed by atoms with Crippen molar-refractivity contribution < 1.29 is 28.5 Å². The summed E-state index contributed by atoms with van der Waals surface area (Å²) in [5.74, 6) is 0.565. The van der Waals surface area contributed by atoms with Crippen molar-refractivity contribution in [1.82, 2.24) is 9.97 Å². The lowest BCUT2D eigenvalue weighted by Gasteiger charge is -2.12. The Bertz CT molecular complexity index is 1350. The van der Waals surface area contributed by atoms with Crippen LogP contribution in [0.5, 0.6) is 11.5 Å². The molecule has 2 aromatic heterocycles. The Morgan fingerprint density at radius 3 is 2.15 bits per heavy atom. The molecule has 174 valence electrons. The first-order valence-electron chi connectivity index (χ1n) is 10.0. The van der Waals surface area contributed by atoms with Gasteiger partial charge in [-0.25, -0.2) is 19.6 Å². The van der Waals surface area contributed by atoms with Gasteiger partial charge in [-0.2, -0.15) is 0 Å². The smallest absolute Gasteiger partial charge is 0.337 e. The zero-order valence-electron chi connectivity index (χ0n) is 18.9. The Labute approximate surface area is 199 Å². The maximum absolute atomic E-state index is 12.2. The number of nitrogens with one attached hydrogen (secondary N) is 1. The lowest BCUT2D eigenvalue weighted by molar-refractivity contribution is 0.0599. The fourth-order valence-electron chi connectivity index (χ4n) is 3.49. The fraction of sp³-hybridized carbons (Fsp3) is 0.167. The van der Waals surface area contributed by atoms with E-state index in [1.807, 2.05) is 23.6 Å². The van der Waals surface area contributed by atoms with Crippen molar-refractivity contribution in [2.24, 2.45) is 0 Å². The summed E-state index contributed by atoms with van der Waals surface area (Å²) in [7, 11) is 5.71. The molecule has 10 heteroatoms. The summed E-state index contributed by atoms with van der Waals surface area (Å²) >= 11 is 1.47. The monoisotopic (exact) mass is 479 g/mol. The molecule has 34 heavy (non-hydrogen) atoms. The predicted molar refractivity (Wildman–Crippen MR) is 128 cm³/mol. The Hall–Kier alpha value is -4.18. The van der Waals surface area contributed by atoms with Crippen molar-refractivity contribution in [3.8, 4) is 22.6 Å². The summed E-state index contributed by atoms with van der Waals surface area (Å²) in [6, 6.07) is 10.2. The number of methoxy groups -OCH3 is 4. The zero-order chi connectivity index (χ0) is 24.2. The van der Waals surface area contributed by atoms with Gasteiger partial charge in [-0.05, 0) is 35.9 Å². The van der Waals surface area contributed by atoms with E-state index in [-0.39, 0.29) is 11.1 Å². The number of benzene rings is 2. The summed E-state index contributed by atoms with van der Waals surface area (Å²) in [6.07, 6.45) is 1.45. The van der Waals surface area contributed by atoms with E-state index in [1.165, 1.54) is 38.0 Å². The van der Waals surface area contributed by atoms with Crippen molar-refractivity contribution in [2.45, 2.75) is 0 Å². The molecular formula is C24H21N3O6S. The van der Waals surface area contributed by atoms with Gasteiger partial charge in [0.2, 0.25) is 0 Å². The van der Waals surface area contributed by atoms with Crippen LogP contribution in [-0.2, 0) is 9.47 Å². The van der Waals surface area contributed by atoms with Gasteiger partial charge in [-0.1, -0.05) is 6.07 Å². The fourth-order valence-corrected chi connectivity index (χ4v) is 4.41. The van der Waals surface area contributed by atoms with E-state index in [9.17, 15) is 9.59 Å². The van der Waals surface area contributed by atoms with Crippen LogP contribution in [0.2, 0.25) is 0 Å². The third kappa shape index (κ3) is 4.35. The lowest BCUT2D eigenvalue weighted by Crippen LogP contribution is -2.08. The molecule has 4 aromatic rings. The van der Waals surface area contributed by atoms with Crippen molar-refractivity contribution in [2.75, 3.05) is 33.8 Å². The van der Waals surface area contributed by atoms with E-state index >= 15 is 0 Å². The van der Waals surface area contributed by atoms with E-state index in [1.54, 1.807) is 26.4 Å². The third-order valence-corrected chi connectivity index (χ3v) is 5.99. The molecule has 0 aliphatic carbocycles. The summed E-state index contributed by atoms with van der Waals surface area (Å²) in [5.41, 5.74) is 2.64. The molecule has 0 saturated carbocycles. The maximum Gasteiger partial charge on any atom is 0.337 e. The van der Waals surface area contributed by atoms with Gasteiger partial charge in [0.15, 0.2) is 11.5 Å². The number of ether oxygens (including phenoxy) is 4. The minimum absolute atomic E-state index is 0.198. The van der Waals surface area contributed by atoms with Crippen LogP contribution in [0.4, 0.5) is 11.5 Å². The highest BCUT2D eigenvalue weighted by molar-refractivity contribution is 7.17. The number of anilines is 2. The number of thiophene rings is 1. The van der Waals surface area contributed by atoms with Gasteiger partial charge in [0.25, 0.3) is 0 Å². The number of aromatic nitrogens is 2. The van der Waals surface area contributed by atoms with Crippen LogP contribution in [0.3, 0.4) is 0 Å². The number of esters is 2. The second-order valence-electron chi connectivity index (χ2n) is 7.03. The molecule has 0 unspecified atom stereocenters. The van der Waals surface area contributed by atoms with Crippen LogP contribution in [0.1, 0.15) is 20.7 Å². The van der Waals surface area contributed by atoms with E-state index in [0.717, 1.165) is 21.3 Å². The number of carbonyl (C=O) groups is 2. The highest BCUT2D eigenvalue weighted by Crippen LogP contribution is 2.40. The van der Waals surface area contributed by atoms with E-state index in [0.29, 0.717) is 23.0 Å². The van der Waals surface area contributed by atoms with E-state index in [4.69, 9.17) is 18.9 Å². The predicted octanol–water partition coefficient (Wildman–Crippen LogP) is 4.69.